The predicted molar refractivity (Wildman–Crippen MR) is 337 cm³/mol. The number of hydrogen-bond donors (Lipinski definition) is 6. The van der Waals surface area contributed by atoms with Crippen LogP contribution in [-0.4, -0.2) is 212 Å². The second kappa shape index (κ2) is 39.2. The van der Waals surface area contributed by atoms with Crippen LogP contribution < -0.4 is 21.3 Å². The average molecular weight is 1290 g/mol. The third kappa shape index (κ3) is 26.0. The molecule has 1 saturated heterocycles. The Balaban J connectivity index is 1.80. The molecular weight excluding hydrogens is 1190 g/mol. The van der Waals surface area contributed by atoms with E-state index in [2.05, 4.69) is 26.3 Å². The Kier molecular flexibility index (Phi) is 34.0. The highest BCUT2D eigenvalue weighted by molar-refractivity contribution is 8.00. The Bertz CT molecular complexity index is 2660. The van der Waals surface area contributed by atoms with Crippen LogP contribution in [0.1, 0.15) is 147 Å². The number of thioether (sulfide) groups is 1. The third-order valence-corrected chi connectivity index (χ3v) is 17.9. The highest BCUT2D eigenvalue weighted by Gasteiger charge is 2.40. The van der Waals surface area contributed by atoms with Gasteiger partial charge in [-0.3, -0.25) is 57.7 Å². The number of aliphatic carboxylic acids is 1. The molecule has 0 bridgehead atoms. The summed E-state index contributed by atoms with van der Waals surface area (Å²) in [6.07, 6.45) is 2.51. The van der Waals surface area contributed by atoms with E-state index in [1.165, 1.54) is 43.1 Å². The molecule has 500 valence electrons. The zero-order valence-electron chi connectivity index (χ0n) is 54.3. The maximum absolute atomic E-state index is 14.4. The number of unbranched alkanes of at least 4 members (excludes halogenated alkanes) is 1. The highest BCUT2D eigenvalue weighted by atomic mass is 32.2. The number of amides is 7. The van der Waals surface area contributed by atoms with Gasteiger partial charge in [0.15, 0.2) is 11.9 Å². The fourth-order valence-electron chi connectivity index (χ4n) is 9.78. The zero-order valence-corrected chi connectivity index (χ0v) is 55.9. The summed E-state index contributed by atoms with van der Waals surface area (Å²) in [5.74, 6) is -7.05. The number of aromatic nitrogens is 1. The summed E-state index contributed by atoms with van der Waals surface area (Å²) >= 11 is 2.35. The minimum absolute atomic E-state index is 0.0153. The summed E-state index contributed by atoms with van der Waals surface area (Å²) in [5.41, 5.74) is -0.421. The number of rotatable bonds is 44. The normalized spacial score (nSPS) is 15.9. The molecule has 89 heavy (non-hydrogen) atoms. The summed E-state index contributed by atoms with van der Waals surface area (Å²) in [4.78, 5) is 141. The Labute approximate surface area is 532 Å². The minimum atomic E-state index is -1.15. The van der Waals surface area contributed by atoms with E-state index in [4.69, 9.17) is 23.7 Å². The summed E-state index contributed by atoms with van der Waals surface area (Å²) in [7, 11) is 6.91. The number of methoxy groups -OCH3 is 1. The summed E-state index contributed by atoms with van der Waals surface area (Å²) in [6, 6.07) is 1.86. The number of imide groups is 1. The number of likely N-dealkylation sites (tertiary alicyclic amines) is 1. The smallest absolute Gasteiger partial charge is 0.306 e. The van der Waals surface area contributed by atoms with Crippen LogP contribution in [0.3, 0.4) is 0 Å². The number of benzene rings is 1. The maximum Gasteiger partial charge on any atom is 0.306 e. The number of carboxylic acids is 1. The van der Waals surface area contributed by atoms with Gasteiger partial charge in [0.25, 0.3) is 5.91 Å². The summed E-state index contributed by atoms with van der Waals surface area (Å²) in [6.45, 7) is 16.4. The van der Waals surface area contributed by atoms with Crippen molar-refractivity contribution in [1.29, 1.82) is 0 Å². The van der Waals surface area contributed by atoms with Gasteiger partial charge in [-0.2, -0.15) is 11.8 Å². The van der Waals surface area contributed by atoms with E-state index in [0.29, 0.717) is 51.3 Å². The van der Waals surface area contributed by atoms with Crippen LogP contribution in [0.2, 0.25) is 0 Å². The van der Waals surface area contributed by atoms with Crippen LogP contribution in [0.5, 0.6) is 5.75 Å². The van der Waals surface area contributed by atoms with E-state index in [0.717, 1.165) is 16.2 Å². The van der Waals surface area contributed by atoms with Crippen molar-refractivity contribution >= 4 is 87.9 Å². The number of phenols is 1. The molecule has 8 atom stereocenters. The Morgan fingerprint density at radius 2 is 1.56 bits per heavy atom. The van der Waals surface area contributed by atoms with Crippen molar-refractivity contribution < 1.29 is 81.8 Å². The first-order valence-corrected chi connectivity index (χ1v) is 32.6. The van der Waals surface area contributed by atoms with Crippen molar-refractivity contribution in [2.75, 3.05) is 99.2 Å². The lowest BCUT2D eigenvalue weighted by Gasteiger charge is -2.38. The number of Topliss-reactive ketones (excluding diaryl/α,β-unsaturated/α-hetero) is 1. The topological polar surface area (TPSA) is 328 Å². The van der Waals surface area contributed by atoms with Crippen molar-refractivity contribution in [3.63, 3.8) is 0 Å². The van der Waals surface area contributed by atoms with Crippen LogP contribution in [0.15, 0.2) is 23.6 Å². The lowest BCUT2D eigenvalue weighted by molar-refractivity contribution is -0.150. The fraction of sp³-hybridized carbons (Fsp3) is 0.694. The number of phenolic OH excluding ortho intramolecular Hbond substituents is 1. The highest BCUT2D eigenvalue weighted by Crippen LogP contribution is 2.34. The molecule has 0 aliphatic carbocycles. The van der Waals surface area contributed by atoms with Gasteiger partial charge in [0, 0.05) is 83.2 Å². The number of hydrogen-bond acceptors (Lipinski definition) is 20. The second-order valence-corrected chi connectivity index (χ2v) is 25.5. The van der Waals surface area contributed by atoms with Gasteiger partial charge in [-0.25, -0.2) is 4.98 Å². The molecule has 2 unspecified atom stereocenters. The summed E-state index contributed by atoms with van der Waals surface area (Å²) < 4.78 is 26.9. The molecule has 0 radical (unpaired) electrons. The standard InChI is InChI=1S/C62H98N8O17S2/c1-14-39(4)44(33-52(73)62(7,8)68(9)10)59(79)69(11)48(38(2)3)34-50(87-41(6)71)58-67-47(37-89-58)57(78)64-43(30-40(5)61(81)82)31-42-20-21-49(72)46(32-42)66-56(77)45(65-53(74)19-17-23-70-55(76)35-51(88-13)60(70)80)18-15-16-22-63-54(75)36-86-29-28-85-27-26-84-25-24-83-12/h20-21,32,37-40,43-45,48,50-51,72H,14-19,22-31,33-36H2,1-13H3,(H,63,75)(H,64,78)(H,65,74)(H,66,77)(H,81,82)/t39-,40?,43+,44-,45-,48+,50+,51?/m0/s1. The molecule has 1 aromatic carbocycles. The number of ether oxygens (including phenoxy) is 5. The van der Waals surface area contributed by atoms with Crippen LogP contribution in [-0.2, 0) is 73.3 Å². The number of thiazole rings is 1. The molecule has 1 aliphatic rings. The van der Waals surface area contributed by atoms with E-state index < -0.39 is 76.5 Å². The van der Waals surface area contributed by atoms with E-state index in [-0.39, 0.29) is 148 Å². The molecule has 7 amide bonds. The monoisotopic (exact) mass is 1290 g/mol. The Morgan fingerprint density at radius 1 is 0.899 bits per heavy atom. The number of nitrogens with one attached hydrogen (secondary N) is 4. The molecule has 1 aromatic heterocycles. The number of nitrogens with zero attached hydrogens (tertiary/aromatic N) is 4. The second-order valence-electron chi connectivity index (χ2n) is 23.6. The number of ketones is 1. The first kappa shape index (κ1) is 77.1. The molecule has 1 aliphatic heterocycles. The zero-order chi connectivity index (χ0) is 66.5. The van der Waals surface area contributed by atoms with E-state index in [1.807, 2.05) is 60.5 Å². The molecule has 0 saturated carbocycles. The molecule has 27 heteroatoms. The van der Waals surface area contributed by atoms with Gasteiger partial charge in [-0.05, 0) is 102 Å². The average Bonchev–Trinajstić information content (AvgIpc) is 3.07. The van der Waals surface area contributed by atoms with Crippen molar-refractivity contribution in [2.45, 2.75) is 161 Å². The molecule has 0 spiro atoms. The number of likely N-dealkylation sites (N-methyl/N-ethyl adjacent to an activating group) is 1. The van der Waals surface area contributed by atoms with Crippen LogP contribution >= 0.6 is 23.1 Å². The SMILES string of the molecule is CC[C@H](C)[C@H](CC(=O)C(C)(C)N(C)C)C(=O)N(C)[C@H](C[C@@H](OC(C)=O)c1nc(C(=O)N[C@@H](Cc2ccc(O)c(NC(=O)[C@H](CCCCNC(=O)COCCOCCOCCOC)NC(=O)CCCN3C(=O)CC(SC)C3=O)c2)CC(C)C(=O)O)cs1)C(C)C. The van der Waals surface area contributed by atoms with Crippen molar-refractivity contribution in [3.05, 3.63) is 39.8 Å². The summed E-state index contributed by atoms with van der Waals surface area (Å²) in [5, 5.41) is 33.5. The molecule has 1 fully saturated rings. The van der Waals surface area contributed by atoms with Gasteiger partial charge in [-0.1, -0.05) is 47.1 Å². The number of carbonyl (C=O) groups is 10. The van der Waals surface area contributed by atoms with Gasteiger partial charge in [0.2, 0.25) is 35.4 Å². The van der Waals surface area contributed by atoms with Gasteiger partial charge < -0.3 is 60.1 Å². The van der Waals surface area contributed by atoms with E-state index >= 15 is 0 Å². The Hall–Kier alpha value is -6.10. The fourth-order valence-corrected chi connectivity index (χ4v) is 11.3. The maximum atomic E-state index is 14.4. The first-order valence-electron chi connectivity index (χ1n) is 30.5. The van der Waals surface area contributed by atoms with Crippen LogP contribution in [0.4, 0.5) is 5.69 Å². The number of carbonyl (C=O) groups excluding carboxylic acids is 9. The quantitative estimate of drug-likeness (QED) is 0.0209. The van der Waals surface area contributed by atoms with Crippen LogP contribution in [0.25, 0.3) is 0 Å². The number of carboxylic acid groups (broad SMARTS) is 1. The van der Waals surface area contributed by atoms with Crippen molar-refractivity contribution in [1.82, 2.24) is 35.6 Å². The molecule has 2 aromatic rings. The van der Waals surface area contributed by atoms with Crippen LogP contribution in [0, 0.1) is 23.7 Å². The molecule has 25 nitrogen and oxygen atoms in total. The first-order chi connectivity index (χ1) is 42.1. The predicted octanol–water partition coefficient (Wildman–Crippen LogP) is 5.42. The number of esters is 1. The third-order valence-electron chi connectivity index (χ3n) is 16.0. The lowest BCUT2D eigenvalue weighted by Crippen LogP contribution is -2.50. The van der Waals surface area contributed by atoms with Gasteiger partial charge >= 0.3 is 11.9 Å². The molecular formula is C62H98N8O17S2. The lowest BCUT2D eigenvalue weighted by atomic mass is 9.81. The van der Waals surface area contributed by atoms with E-state index in [9.17, 15) is 58.2 Å². The minimum Gasteiger partial charge on any atom is -0.506 e. The molecule has 6 N–H and O–H groups in total. The molecule has 3 rings (SSSR count). The molecule has 2 heterocycles. The Morgan fingerprint density at radius 3 is 2.16 bits per heavy atom. The van der Waals surface area contributed by atoms with Gasteiger partial charge in [0.05, 0.1) is 62.0 Å². The number of anilines is 1. The van der Waals surface area contributed by atoms with E-state index in [1.54, 1.807) is 31.4 Å². The largest absolute Gasteiger partial charge is 0.506 e. The van der Waals surface area contributed by atoms with Crippen molar-refractivity contribution in [3.8, 4) is 5.75 Å². The van der Waals surface area contributed by atoms with Crippen molar-refractivity contribution in [2.24, 2.45) is 23.7 Å². The number of aromatic hydroxyl groups is 1. The van der Waals surface area contributed by atoms with Gasteiger partial charge in [0.1, 0.15) is 29.1 Å². The van der Waals surface area contributed by atoms with Gasteiger partial charge in [-0.15, -0.1) is 11.3 Å².